The van der Waals surface area contributed by atoms with Gasteiger partial charge in [-0.1, -0.05) is 19.1 Å². The molecule has 0 bridgehead atoms. The van der Waals surface area contributed by atoms with E-state index in [9.17, 15) is 14.4 Å². The van der Waals surface area contributed by atoms with Crippen molar-refractivity contribution >= 4 is 34.2 Å². The Labute approximate surface area is 168 Å². The lowest BCUT2D eigenvalue weighted by Crippen LogP contribution is -2.22. The van der Waals surface area contributed by atoms with Crippen LogP contribution in [0.1, 0.15) is 56.1 Å². The Morgan fingerprint density at radius 3 is 2.36 bits per heavy atom. The zero-order chi connectivity index (χ0) is 20.8. The van der Waals surface area contributed by atoms with Gasteiger partial charge in [0.25, 0.3) is 5.91 Å². The fourth-order valence-corrected chi connectivity index (χ4v) is 3.93. The van der Waals surface area contributed by atoms with Crippen LogP contribution in [-0.2, 0) is 20.7 Å². The van der Waals surface area contributed by atoms with E-state index in [2.05, 4.69) is 5.32 Å². The molecule has 1 N–H and O–H groups in total. The van der Waals surface area contributed by atoms with E-state index in [1.54, 1.807) is 19.1 Å². The molecule has 0 fully saturated rings. The highest BCUT2D eigenvalue weighted by Gasteiger charge is 2.23. The first-order valence-corrected chi connectivity index (χ1v) is 9.94. The van der Waals surface area contributed by atoms with Crippen LogP contribution in [0.4, 0.5) is 5.00 Å². The molecule has 1 heterocycles. The van der Waals surface area contributed by atoms with E-state index >= 15 is 0 Å². The molecule has 0 radical (unpaired) electrons. The Bertz CT molecular complexity index is 900. The normalized spacial score (nSPS) is 10.5. The number of esters is 2. The summed E-state index contributed by atoms with van der Waals surface area (Å²) >= 11 is 1.33. The van der Waals surface area contributed by atoms with Gasteiger partial charge in [0.15, 0.2) is 6.61 Å². The third kappa shape index (κ3) is 4.78. The van der Waals surface area contributed by atoms with Crippen LogP contribution >= 0.6 is 11.3 Å². The molecule has 0 aliphatic heterocycles. The lowest BCUT2D eigenvalue weighted by molar-refractivity contribution is -0.119. The summed E-state index contributed by atoms with van der Waals surface area (Å²) in [6, 6.07) is 5.34. The molecule has 1 aromatic carbocycles. The Kier molecular flexibility index (Phi) is 7.34. The van der Waals surface area contributed by atoms with Crippen LogP contribution < -0.4 is 5.32 Å². The molecular weight excluding hydrogens is 378 g/mol. The average molecular weight is 404 g/mol. The predicted octanol–water partition coefficient (Wildman–Crippen LogP) is 4.21. The molecule has 0 aliphatic rings. The third-order valence-corrected chi connectivity index (χ3v) is 5.81. The lowest BCUT2D eigenvalue weighted by atomic mass is 10.0. The largest absolute Gasteiger partial charge is 0.462 e. The maximum absolute atomic E-state index is 12.3. The summed E-state index contributed by atoms with van der Waals surface area (Å²) in [6.45, 7) is 9.08. The number of amides is 1. The smallest absolute Gasteiger partial charge is 0.341 e. The average Bonchev–Trinajstić information content (AvgIpc) is 2.97. The molecule has 6 nitrogen and oxygen atoms in total. The van der Waals surface area contributed by atoms with Gasteiger partial charge in [0, 0.05) is 4.88 Å². The van der Waals surface area contributed by atoms with E-state index in [0.717, 1.165) is 28.0 Å². The fraction of sp³-hybridized carbons (Fsp3) is 0.381. The van der Waals surface area contributed by atoms with Crippen molar-refractivity contribution in [2.45, 2.75) is 41.0 Å². The van der Waals surface area contributed by atoms with Gasteiger partial charge in [0.1, 0.15) is 5.00 Å². The van der Waals surface area contributed by atoms with Gasteiger partial charge in [0.05, 0.1) is 17.7 Å². The second-order valence-corrected chi connectivity index (χ2v) is 7.41. The van der Waals surface area contributed by atoms with Gasteiger partial charge in [-0.15, -0.1) is 11.3 Å². The lowest BCUT2D eigenvalue weighted by Gasteiger charge is -2.10. The van der Waals surface area contributed by atoms with Crippen molar-refractivity contribution in [2.75, 3.05) is 18.5 Å². The number of hydrogen-bond acceptors (Lipinski definition) is 6. The zero-order valence-electron chi connectivity index (χ0n) is 16.8. The molecule has 0 aliphatic carbocycles. The number of hydrogen-bond donors (Lipinski definition) is 1. The number of carbonyl (C=O) groups excluding carboxylic acids is 3. The second kappa shape index (κ2) is 9.50. The second-order valence-electron chi connectivity index (χ2n) is 6.30. The van der Waals surface area contributed by atoms with Crippen molar-refractivity contribution in [2.24, 2.45) is 0 Å². The highest BCUT2D eigenvalue weighted by Crippen LogP contribution is 2.34. The van der Waals surface area contributed by atoms with Crippen molar-refractivity contribution in [3.8, 4) is 0 Å². The summed E-state index contributed by atoms with van der Waals surface area (Å²) in [4.78, 5) is 37.8. The van der Waals surface area contributed by atoms with Gasteiger partial charge < -0.3 is 14.8 Å². The van der Waals surface area contributed by atoms with Crippen molar-refractivity contribution in [1.29, 1.82) is 0 Å². The van der Waals surface area contributed by atoms with Crippen LogP contribution in [0.2, 0.25) is 0 Å². The van der Waals surface area contributed by atoms with Gasteiger partial charge in [0.2, 0.25) is 0 Å². The molecule has 0 atom stereocenters. The van der Waals surface area contributed by atoms with Gasteiger partial charge in [-0.25, -0.2) is 9.59 Å². The number of ether oxygens (including phenoxy) is 2. The van der Waals surface area contributed by atoms with Crippen LogP contribution in [0.3, 0.4) is 0 Å². The van der Waals surface area contributed by atoms with Crippen molar-refractivity contribution < 1.29 is 23.9 Å². The van der Waals surface area contributed by atoms with Crippen LogP contribution in [-0.4, -0.2) is 31.1 Å². The van der Waals surface area contributed by atoms with Crippen LogP contribution in [0.15, 0.2) is 18.2 Å². The van der Waals surface area contributed by atoms with Crippen LogP contribution in [0, 0.1) is 20.8 Å². The molecule has 2 rings (SSSR count). The SMILES string of the molecule is CCOC(=O)c1c(NC(=O)COC(=O)c2cccc(C)c2C)sc(CC)c1C. The molecule has 2 aromatic rings. The van der Waals surface area contributed by atoms with Gasteiger partial charge in [-0.05, 0) is 56.9 Å². The van der Waals surface area contributed by atoms with Crippen molar-refractivity contribution in [3.05, 3.63) is 50.9 Å². The molecule has 0 spiro atoms. The minimum atomic E-state index is -0.557. The third-order valence-electron chi connectivity index (χ3n) is 4.46. The number of thiophene rings is 1. The Morgan fingerprint density at radius 1 is 1.00 bits per heavy atom. The minimum Gasteiger partial charge on any atom is -0.462 e. The van der Waals surface area contributed by atoms with E-state index in [1.807, 2.05) is 33.8 Å². The Balaban J connectivity index is 2.10. The summed E-state index contributed by atoms with van der Waals surface area (Å²) in [5, 5.41) is 3.10. The number of anilines is 1. The quantitative estimate of drug-likeness (QED) is 0.701. The first-order valence-electron chi connectivity index (χ1n) is 9.12. The molecule has 28 heavy (non-hydrogen) atoms. The first kappa shape index (κ1) is 21.6. The topological polar surface area (TPSA) is 81.7 Å². The number of carbonyl (C=O) groups is 3. The van der Waals surface area contributed by atoms with E-state index in [-0.39, 0.29) is 6.61 Å². The first-order chi connectivity index (χ1) is 13.3. The maximum atomic E-state index is 12.3. The van der Waals surface area contributed by atoms with E-state index < -0.39 is 24.5 Å². The summed E-state index contributed by atoms with van der Waals surface area (Å²) in [5.41, 5.74) is 3.38. The Hall–Kier alpha value is -2.67. The standard InChI is InChI=1S/C21H25NO5S/c1-6-16-14(5)18(21(25)26-7-2)19(28-16)22-17(23)11-27-20(24)15-10-8-9-12(3)13(15)4/h8-10H,6-7,11H2,1-5H3,(H,22,23). The summed E-state index contributed by atoms with van der Waals surface area (Å²) in [5.74, 6) is -1.54. The number of nitrogens with one attached hydrogen (secondary N) is 1. The molecule has 7 heteroatoms. The highest BCUT2D eigenvalue weighted by atomic mass is 32.1. The summed E-state index contributed by atoms with van der Waals surface area (Å²) < 4.78 is 10.2. The molecule has 1 amide bonds. The van der Waals surface area contributed by atoms with E-state index in [4.69, 9.17) is 9.47 Å². The fourth-order valence-electron chi connectivity index (χ4n) is 2.78. The number of aryl methyl sites for hydroxylation is 2. The molecular formula is C21H25NO5S. The molecule has 0 saturated carbocycles. The van der Waals surface area contributed by atoms with Crippen molar-refractivity contribution in [3.63, 3.8) is 0 Å². The molecule has 0 unspecified atom stereocenters. The van der Waals surface area contributed by atoms with Crippen molar-refractivity contribution in [1.82, 2.24) is 0 Å². The zero-order valence-corrected chi connectivity index (χ0v) is 17.6. The monoisotopic (exact) mass is 403 g/mol. The van der Waals surface area contributed by atoms with E-state index in [0.29, 0.717) is 16.1 Å². The van der Waals surface area contributed by atoms with Gasteiger partial charge >= 0.3 is 11.9 Å². The van der Waals surface area contributed by atoms with Gasteiger partial charge in [-0.3, -0.25) is 4.79 Å². The maximum Gasteiger partial charge on any atom is 0.341 e. The highest BCUT2D eigenvalue weighted by molar-refractivity contribution is 7.17. The molecule has 150 valence electrons. The number of benzene rings is 1. The Morgan fingerprint density at radius 2 is 1.71 bits per heavy atom. The predicted molar refractivity (Wildman–Crippen MR) is 109 cm³/mol. The minimum absolute atomic E-state index is 0.246. The summed E-state index contributed by atoms with van der Waals surface area (Å²) in [6.07, 6.45) is 0.737. The van der Waals surface area contributed by atoms with Crippen LogP contribution in [0.25, 0.3) is 0 Å². The van der Waals surface area contributed by atoms with Crippen LogP contribution in [0.5, 0.6) is 0 Å². The molecule has 1 aromatic heterocycles. The molecule has 0 saturated heterocycles. The van der Waals surface area contributed by atoms with Gasteiger partial charge in [-0.2, -0.15) is 0 Å². The summed E-state index contributed by atoms with van der Waals surface area (Å²) in [7, 11) is 0. The van der Waals surface area contributed by atoms with E-state index in [1.165, 1.54) is 11.3 Å². The number of rotatable bonds is 7.